The molecule has 0 saturated carbocycles. The third-order valence-corrected chi connectivity index (χ3v) is 6.11. The molecule has 16 heavy (non-hydrogen) atoms. The van der Waals surface area contributed by atoms with E-state index in [0.717, 1.165) is 12.0 Å². The van der Waals surface area contributed by atoms with Gasteiger partial charge in [0.1, 0.15) is 0 Å². The van der Waals surface area contributed by atoms with Crippen molar-refractivity contribution in [2.45, 2.75) is 73.4 Å². The molecule has 1 saturated heterocycles. The van der Waals surface area contributed by atoms with E-state index in [1.54, 1.807) is 0 Å². The van der Waals surface area contributed by atoms with Crippen molar-refractivity contribution < 1.29 is 0 Å². The Hall–Kier alpha value is -0.0400. The number of likely N-dealkylation sites (tertiary alicyclic amines) is 1. The van der Waals surface area contributed by atoms with Gasteiger partial charge < -0.3 is 0 Å². The van der Waals surface area contributed by atoms with Gasteiger partial charge in [-0.3, -0.25) is 4.90 Å². The predicted molar refractivity (Wildman–Crippen MR) is 72.6 cm³/mol. The van der Waals surface area contributed by atoms with Crippen LogP contribution in [0.4, 0.5) is 0 Å². The fraction of sp³-hybridized carbons (Fsp3) is 1.00. The molecule has 1 rings (SSSR count). The second kappa shape index (κ2) is 3.73. The topological polar surface area (TPSA) is 3.24 Å². The Morgan fingerprint density at radius 1 is 1.12 bits per heavy atom. The summed E-state index contributed by atoms with van der Waals surface area (Å²) in [6.45, 7) is 19.3. The summed E-state index contributed by atoms with van der Waals surface area (Å²) in [5.74, 6) is 0.748. The lowest BCUT2D eigenvalue weighted by Crippen LogP contribution is -2.53. The van der Waals surface area contributed by atoms with Crippen LogP contribution < -0.4 is 0 Å². The zero-order valence-corrected chi connectivity index (χ0v) is 12.8. The molecule has 0 aromatic carbocycles. The normalized spacial score (nSPS) is 40.3. The third-order valence-electron chi connectivity index (χ3n) is 6.11. The minimum atomic E-state index is 0.269. The Bertz CT molecular complexity index is 261. The quantitative estimate of drug-likeness (QED) is 0.647. The van der Waals surface area contributed by atoms with E-state index >= 15 is 0 Å². The van der Waals surface area contributed by atoms with Gasteiger partial charge in [-0.2, -0.15) is 0 Å². The van der Waals surface area contributed by atoms with Crippen LogP contribution in [0.1, 0.15) is 61.8 Å². The highest BCUT2D eigenvalue weighted by Gasteiger charge is 2.61. The van der Waals surface area contributed by atoms with E-state index < -0.39 is 0 Å². The average molecular weight is 225 g/mol. The summed E-state index contributed by atoms with van der Waals surface area (Å²) < 4.78 is 0. The maximum Gasteiger partial charge on any atom is 0.0214 e. The van der Waals surface area contributed by atoms with Crippen LogP contribution in [0, 0.1) is 16.7 Å². The molecule has 1 aliphatic rings. The summed E-state index contributed by atoms with van der Waals surface area (Å²) in [6, 6.07) is 0.722. The smallest absolute Gasteiger partial charge is 0.0214 e. The molecule has 96 valence electrons. The Morgan fingerprint density at radius 3 is 1.75 bits per heavy atom. The maximum atomic E-state index is 2.61. The fourth-order valence-electron chi connectivity index (χ4n) is 4.29. The zero-order valence-electron chi connectivity index (χ0n) is 12.8. The van der Waals surface area contributed by atoms with Crippen LogP contribution in [0.15, 0.2) is 0 Å². The van der Waals surface area contributed by atoms with Gasteiger partial charge in [-0.1, -0.05) is 41.5 Å². The number of rotatable bonds is 1. The number of hydrogen-bond donors (Lipinski definition) is 0. The molecule has 0 aromatic heterocycles. The predicted octanol–water partition coefficient (Wildman–Crippen LogP) is 4.18. The molecule has 0 N–H and O–H groups in total. The highest BCUT2D eigenvalue weighted by molar-refractivity contribution is 5.14. The molecule has 1 nitrogen and oxygen atoms in total. The van der Waals surface area contributed by atoms with Crippen LogP contribution in [0.5, 0.6) is 0 Å². The van der Waals surface area contributed by atoms with Crippen molar-refractivity contribution >= 4 is 0 Å². The summed E-state index contributed by atoms with van der Waals surface area (Å²) in [6.07, 6.45) is 1.26. The molecular weight excluding hydrogens is 194 g/mol. The van der Waals surface area contributed by atoms with Crippen molar-refractivity contribution in [3.63, 3.8) is 0 Å². The molecule has 1 fully saturated rings. The molecule has 0 bridgehead atoms. The molecular formula is C15H31N. The Morgan fingerprint density at radius 2 is 1.56 bits per heavy atom. The summed E-state index contributed by atoms with van der Waals surface area (Å²) >= 11 is 0. The molecule has 0 amide bonds. The van der Waals surface area contributed by atoms with Gasteiger partial charge in [0.15, 0.2) is 0 Å². The average Bonchev–Trinajstić information content (AvgIpc) is 2.26. The second-order valence-corrected chi connectivity index (χ2v) is 7.39. The van der Waals surface area contributed by atoms with Crippen molar-refractivity contribution in [1.29, 1.82) is 0 Å². The van der Waals surface area contributed by atoms with Crippen LogP contribution in [0.3, 0.4) is 0 Å². The van der Waals surface area contributed by atoms with E-state index in [1.165, 1.54) is 6.42 Å². The molecule has 3 unspecified atom stereocenters. The second-order valence-electron chi connectivity index (χ2n) is 7.39. The first kappa shape index (κ1) is 14.0. The molecule has 1 heterocycles. The van der Waals surface area contributed by atoms with Crippen LogP contribution >= 0.6 is 0 Å². The highest BCUT2D eigenvalue weighted by Crippen LogP contribution is 2.60. The molecule has 0 radical (unpaired) electrons. The van der Waals surface area contributed by atoms with E-state index in [0.29, 0.717) is 10.8 Å². The van der Waals surface area contributed by atoms with E-state index in [1.807, 2.05) is 0 Å². The van der Waals surface area contributed by atoms with E-state index in [2.05, 4.69) is 67.3 Å². The minimum absolute atomic E-state index is 0.269. The minimum Gasteiger partial charge on any atom is -0.297 e. The van der Waals surface area contributed by atoms with Gasteiger partial charge in [-0.25, -0.2) is 0 Å². The Balaban J connectivity index is 3.29. The summed E-state index contributed by atoms with van der Waals surface area (Å²) in [5, 5.41) is 0. The lowest BCUT2D eigenvalue weighted by atomic mass is 9.54. The molecule has 0 spiro atoms. The van der Waals surface area contributed by atoms with Gasteiger partial charge in [0.2, 0.25) is 0 Å². The van der Waals surface area contributed by atoms with E-state index in [-0.39, 0.29) is 5.54 Å². The molecule has 1 heteroatoms. The highest BCUT2D eigenvalue weighted by atomic mass is 15.2. The number of nitrogens with zero attached hydrogens (tertiary/aromatic N) is 1. The van der Waals surface area contributed by atoms with E-state index in [4.69, 9.17) is 0 Å². The van der Waals surface area contributed by atoms with Crippen molar-refractivity contribution in [1.82, 2.24) is 4.90 Å². The first-order valence-corrected chi connectivity index (χ1v) is 6.74. The standard InChI is InChI=1S/C15H31N/c1-10-12-11(2)15(8,13(3,4)5)14(6,7)16(12)9/h11-12H,10H2,1-9H3. The van der Waals surface area contributed by atoms with Crippen LogP contribution in [0.2, 0.25) is 0 Å². The molecule has 1 aliphatic heterocycles. The van der Waals surface area contributed by atoms with Crippen LogP contribution in [-0.2, 0) is 0 Å². The Kier molecular flexibility index (Phi) is 3.27. The largest absolute Gasteiger partial charge is 0.297 e. The number of hydrogen-bond acceptors (Lipinski definition) is 1. The maximum absolute atomic E-state index is 2.61. The lowest BCUT2D eigenvalue weighted by Gasteiger charge is -2.52. The first-order chi connectivity index (χ1) is 7.01. The summed E-state index contributed by atoms with van der Waals surface area (Å²) in [7, 11) is 2.31. The monoisotopic (exact) mass is 225 g/mol. The van der Waals surface area contributed by atoms with Crippen molar-refractivity contribution in [3.8, 4) is 0 Å². The zero-order chi connectivity index (χ0) is 12.9. The lowest BCUT2D eigenvalue weighted by molar-refractivity contribution is -0.0175. The molecule has 0 aromatic rings. The van der Waals surface area contributed by atoms with Gasteiger partial charge >= 0.3 is 0 Å². The molecule has 3 atom stereocenters. The third kappa shape index (κ3) is 1.47. The molecule has 0 aliphatic carbocycles. The van der Waals surface area contributed by atoms with E-state index in [9.17, 15) is 0 Å². The summed E-state index contributed by atoms with van der Waals surface area (Å²) in [5.41, 5.74) is 0.967. The first-order valence-electron chi connectivity index (χ1n) is 6.74. The van der Waals surface area contributed by atoms with Crippen LogP contribution in [0.25, 0.3) is 0 Å². The van der Waals surface area contributed by atoms with Gasteiger partial charge in [0, 0.05) is 11.6 Å². The SMILES string of the molecule is CCC1C(C)C(C)(C(C)(C)C)C(C)(C)N1C. The Labute approximate surface area is 103 Å². The van der Waals surface area contributed by atoms with Crippen LogP contribution in [-0.4, -0.2) is 23.5 Å². The van der Waals surface area contributed by atoms with Gasteiger partial charge in [-0.15, -0.1) is 0 Å². The van der Waals surface area contributed by atoms with Crippen molar-refractivity contribution in [2.75, 3.05) is 7.05 Å². The van der Waals surface area contributed by atoms with Gasteiger partial charge in [0.05, 0.1) is 0 Å². The fourth-order valence-corrected chi connectivity index (χ4v) is 4.29. The van der Waals surface area contributed by atoms with Gasteiger partial charge in [-0.05, 0) is 44.1 Å². The van der Waals surface area contributed by atoms with Crippen molar-refractivity contribution in [2.24, 2.45) is 16.7 Å². The van der Waals surface area contributed by atoms with Crippen molar-refractivity contribution in [3.05, 3.63) is 0 Å². The summed E-state index contributed by atoms with van der Waals surface area (Å²) in [4.78, 5) is 2.61. The van der Waals surface area contributed by atoms with Gasteiger partial charge in [0.25, 0.3) is 0 Å².